The number of para-hydroxylation sites is 1. The average molecular weight is 297 g/mol. The van der Waals surface area contributed by atoms with Crippen molar-refractivity contribution in [1.29, 1.82) is 0 Å². The van der Waals surface area contributed by atoms with Crippen LogP contribution in [0.2, 0.25) is 0 Å². The highest BCUT2D eigenvalue weighted by molar-refractivity contribution is 5.93. The first-order chi connectivity index (χ1) is 8.89. The highest BCUT2D eigenvalue weighted by atomic mass is 35.5. The summed E-state index contributed by atoms with van der Waals surface area (Å²) >= 11 is 0. The lowest BCUT2D eigenvalue weighted by Crippen LogP contribution is -2.48. The second-order valence-corrected chi connectivity index (χ2v) is 6.49. The van der Waals surface area contributed by atoms with Crippen LogP contribution in [0.1, 0.15) is 33.3 Å². The molecule has 0 spiro atoms. The number of rotatable bonds is 3. The summed E-state index contributed by atoms with van der Waals surface area (Å²) in [7, 11) is 0. The van der Waals surface area contributed by atoms with E-state index in [4.69, 9.17) is 0 Å². The minimum atomic E-state index is 0. The molecule has 2 N–H and O–H groups in total. The standard InChI is InChI=1S/C16H24N2O.ClH/c1-11(12-9-17-10-12)15(19)18-14-8-6-5-7-13(14)16(2,3)4;/h5-8,11-12,17H,9-10H2,1-4H3,(H,18,19);1H. The van der Waals surface area contributed by atoms with Crippen molar-refractivity contribution in [2.24, 2.45) is 11.8 Å². The molecule has 2 rings (SSSR count). The zero-order valence-electron chi connectivity index (χ0n) is 12.7. The van der Waals surface area contributed by atoms with Crippen LogP contribution in [0.3, 0.4) is 0 Å². The molecule has 1 saturated heterocycles. The van der Waals surface area contributed by atoms with Crippen molar-refractivity contribution in [3.05, 3.63) is 29.8 Å². The molecule has 3 nitrogen and oxygen atoms in total. The number of hydrogen-bond donors (Lipinski definition) is 2. The van der Waals surface area contributed by atoms with Gasteiger partial charge < -0.3 is 10.6 Å². The van der Waals surface area contributed by atoms with E-state index in [1.807, 2.05) is 25.1 Å². The molecule has 0 aromatic heterocycles. The van der Waals surface area contributed by atoms with Crippen molar-refractivity contribution in [3.8, 4) is 0 Å². The number of halogens is 1. The Bertz CT molecular complexity index is 464. The second kappa shape index (κ2) is 6.59. The minimum Gasteiger partial charge on any atom is -0.326 e. The maximum atomic E-state index is 12.3. The van der Waals surface area contributed by atoms with E-state index in [0.29, 0.717) is 5.92 Å². The molecule has 1 aromatic rings. The minimum absolute atomic E-state index is 0. The van der Waals surface area contributed by atoms with Crippen molar-refractivity contribution < 1.29 is 4.79 Å². The molecule has 1 unspecified atom stereocenters. The lowest BCUT2D eigenvalue weighted by Gasteiger charge is -2.32. The zero-order chi connectivity index (χ0) is 14.0. The van der Waals surface area contributed by atoms with Crippen molar-refractivity contribution in [2.45, 2.75) is 33.1 Å². The predicted molar refractivity (Wildman–Crippen MR) is 86.5 cm³/mol. The van der Waals surface area contributed by atoms with E-state index in [0.717, 1.165) is 18.8 Å². The van der Waals surface area contributed by atoms with Crippen LogP contribution in [-0.2, 0) is 10.2 Å². The van der Waals surface area contributed by atoms with Gasteiger partial charge in [-0.3, -0.25) is 4.79 Å². The first-order valence-electron chi connectivity index (χ1n) is 7.00. The van der Waals surface area contributed by atoms with Crippen molar-refractivity contribution >= 4 is 24.0 Å². The van der Waals surface area contributed by atoms with Crippen LogP contribution < -0.4 is 10.6 Å². The highest BCUT2D eigenvalue weighted by Gasteiger charge is 2.29. The Morgan fingerprint density at radius 2 is 1.90 bits per heavy atom. The average Bonchev–Trinajstić information content (AvgIpc) is 2.25. The zero-order valence-corrected chi connectivity index (χ0v) is 13.5. The number of amides is 1. The Morgan fingerprint density at radius 1 is 1.30 bits per heavy atom. The molecule has 1 aromatic carbocycles. The lowest BCUT2D eigenvalue weighted by molar-refractivity contribution is -0.121. The fourth-order valence-corrected chi connectivity index (χ4v) is 2.37. The Balaban J connectivity index is 0.00000200. The van der Waals surface area contributed by atoms with Gasteiger partial charge in [0.15, 0.2) is 0 Å². The number of carbonyl (C=O) groups excluding carboxylic acids is 1. The van der Waals surface area contributed by atoms with Crippen molar-refractivity contribution in [1.82, 2.24) is 5.32 Å². The van der Waals surface area contributed by atoms with Gasteiger partial charge in [0.1, 0.15) is 0 Å². The van der Waals surface area contributed by atoms with E-state index < -0.39 is 0 Å². The van der Waals surface area contributed by atoms with E-state index in [1.165, 1.54) is 5.56 Å². The number of benzene rings is 1. The summed E-state index contributed by atoms with van der Waals surface area (Å²) in [4.78, 5) is 12.3. The summed E-state index contributed by atoms with van der Waals surface area (Å²) in [5.74, 6) is 0.666. The maximum Gasteiger partial charge on any atom is 0.227 e. The largest absolute Gasteiger partial charge is 0.326 e. The van der Waals surface area contributed by atoms with Gasteiger partial charge in [0, 0.05) is 11.6 Å². The summed E-state index contributed by atoms with van der Waals surface area (Å²) < 4.78 is 0. The molecule has 1 amide bonds. The number of anilines is 1. The van der Waals surface area contributed by atoms with E-state index in [1.54, 1.807) is 0 Å². The van der Waals surface area contributed by atoms with Crippen LogP contribution in [0.15, 0.2) is 24.3 Å². The van der Waals surface area contributed by atoms with E-state index in [-0.39, 0.29) is 29.6 Å². The monoisotopic (exact) mass is 296 g/mol. The third kappa shape index (κ3) is 3.74. The van der Waals surface area contributed by atoms with Crippen LogP contribution in [0.25, 0.3) is 0 Å². The summed E-state index contributed by atoms with van der Waals surface area (Å²) in [5, 5.41) is 6.32. The van der Waals surface area contributed by atoms with E-state index in [2.05, 4.69) is 37.5 Å². The Labute approximate surface area is 127 Å². The molecule has 0 saturated carbocycles. The Morgan fingerprint density at radius 3 is 2.40 bits per heavy atom. The van der Waals surface area contributed by atoms with Crippen LogP contribution in [0.4, 0.5) is 5.69 Å². The van der Waals surface area contributed by atoms with Crippen molar-refractivity contribution in [2.75, 3.05) is 18.4 Å². The fourth-order valence-electron chi connectivity index (χ4n) is 2.37. The molecule has 0 bridgehead atoms. The third-order valence-electron chi connectivity index (χ3n) is 3.93. The molecular weight excluding hydrogens is 272 g/mol. The van der Waals surface area contributed by atoms with Gasteiger partial charge in [0.2, 0.25) is 5.91 Å². The number of nitrogens with one attached hydrogen (secondary N) is 2. The molecule has 0 aliphatic carbocycles. The van der Waals surface area contributed by atoms with Crippen LogP contribution >= 0.6 is 12.4 Å². The fraction of sp³-hybridized carbons (Fsp3) is 0.562. The van der Waals surface area contributed by atoms with Crippen LogP contribution in [0.5, 0.6) is 0 Å². The van der Waals surface area contributed by atoms with Gasteiger partial charge in [-0.15, -0.1) is 12.4 Å². The van der Waals surface area contributed by atoms with Gasteiger partial charge in [-0.25, -0.2) is 0 Å². The Hall–Kier alpha value is -1.06. The molecule has 20 heavy (non-hydrogen) atoms. The number of carbonyl (C=O) groups is 1. The predicted octanol–water partition coefficient (Wildman–Crippen LogP) is 3.20. The van der Waals surface area contributed by atoms with Gasteiger partial charge in [-0.05, 0) is 36.1 Å². The topological polar surface area (TPSA) is 41.1 Å². The molecule has 1 fully saturated rings. The van der Waals surface area contributed by atoms with Gasteiger partial charge in [0.25, 0.3) is 0 Å². The first kappa shape index (κ1) is 17.0. The normalized spacial score (nSPS) is 16.8. The molecule has 4 heteroatoms. The third-order valence-corrected chi connectivity index (χ3v) is 3.93. The molecule has 1 aliphatic rings. The second-order valence-electron chi connectivity index (χ2n) is 6.49. The highest BCUT2D eigenvalue weighted by Crippen LogP contribution is 2.30. The summed E-state index contributed by atoms with van der Waals surface area (Å²) in [6.07, 6.45) is 0. The van der Waals surface area contributed by atoms with Crippen molar-refractivity contribution in [3.63, 3.8) is 0 Å². The van der Waals surface area contributed by atoms with E-state index >= 15 is 0 Å². The maximum absolute atomic E-state index is 12.3. The smallest absolute Gasteiger partial charge is 0.227 e. The Kier molecular flexibility index (Phi) is 5.60. The number of hydrogen-bond acceptors (Lipinski definition) is 2. The lowest BCUT2D eigenvalue weighted by atomic mass is 9.85. The van der Waals surface area contributed by atoms with Gasteiger partial charge in [-0.2, -0.15) is 0 Å². The molecule has 1 aliphatic heterocycles. The summed E-state index contributed by atoms with van der Waals surface area (Å²) in [5.41, 5.74) is 2.16. The molecule has 1 atom stereocenters. The van der Waals surface area contributed by atoms with Gasteiger partial charge >= 0.3 is 0 Å². The first-order valence-corrected chi connectivity index (χ1v) is 7.00. The molecular formula is C16H25ClN2O. The van der Waals surface area contributed by atoms with Gasteiger partial charge in [0.05, 0.1) is 0 Å². The van der Waals surface area contributed by atoms with Gasteiger partial charge in [-0.1, -0.05) is 45.9 Å². The quantitative estimate of drug-likeness (QED) is 0.899. The van der Waals surface area contributed by atoms with Crippen LogP contribution in [-0.4, -0.2) is 19.0 Å². The summed E-state index contributed by atoms with van der Waals surface area (Å²) in [6.45, 7) is 10.4. The van der Waals surface area contributed by atoms with E-state index in [9.17, 15) is 4.79 Å². The van der Waals surface area contributed by atoms with Crippen LogP contribution in [0, 0.1) is 11.8 Å². The molecule has 0 radical (unpaired) electrons. The molecule has 1 heterocycles. The SMILES string of the molecule is CC(C(=O)Nc1ccccc1C(C)(C)C)C1CNC1.Cl. The molecule has 112 valence electrons. The summed E-state index contributed by atoms with van der Waals surface area (Å²) in [6, 6.07) is 8.07.